The van der Waals surface area contributed by atoms with Crippen molar-refractivity contribution in [2.75, 3.05) is 40.3 Å². The zero-order chi connectivity index (χ0) is 23.1. The van der Waals surface area contributed by atoms with E-state index in [0.717, 1.165) is 96.0 Å². The van der Waals surface area contributed by atoms with E-state index >= 15 is 0 Å². The molecule has 2 amide bonds. The molecule has 7 heteroatoms. The van der Waals surface area contributed by atoms with Crippen molar-refractivity contribution in [1.29, 1.82) is 0 Å². The van der Waals surface area contributed by atoms with Crippen LogP contribution in [-0.2, 0) is 19.2 Å². The molecular formula is C25H39N3O4. The molecule has 0 aromatic carbocycles. The molecule has 0 aromatic heterocycles. The smallest absolute Gasteiger partial charge is 0.233 e. The standard InChI is InChI=1S/C14H22N2O2.C11H17NO2/c1-15(2)10-11-6-5-7-12(13(11)17)14(18)16-8-3-4-9-16;13-10-6-2-1-5-9(10)11(14)12-7-3-4-8-12/h10,12H,3-9H2,1-2H3;9H,1-8H2/b11-10-;. The third-order valence-electron chi connectivity index (χ3n) is 6.97. The summed E-state index contributed by atoms with van der Waals surface area (Å²) in [5, 5.41) is 0. The van der Waals surface area contributed by atoms with E-state index in [2.05, 4.69) is 0 Å². The van der Waals surface area contributed by atoms with Crippen molar-refractivity contribution in [1.82, 2.24) is 14.7 Å². The summed E-state index contributed by atoms with van der Waals surface area (Å²) >= 11 is 0. The van der Waals surface area contributed by atoms with Crippen molar-refractivity contribution in [3.8, 4) is 0 Å². The molecular weight excluding hydrogens is 406 g/mol. The molecule has 0 spiro atoms. The van der Waals surface area contributed by atoms with Crippen LogP contribution in [0.3, 0.4) is 0 Å². The molecule has 2 saturated carbocycles. The van der Waals surface area contributed by atoms with Crippen LogP contribution in [0.25, 0.3) is 0 Å². The Hall–Kier alpha value is -2.18. The van der Waals surface area contributed by atoms with Gasteiger partial charge in [0.15, 0.2) is 5.78 Å². The molecule has 0 aromatic rings. The summed E-state index contributed by atoms with van der Waals surface area (Å²) in [5.74, 6) is -0.320. The Morgan fingerprint density at radius 2 is 1.28 bits per heavy atom. The maximum absolute atomic E-state index is 12.3. The lowest BCUT2D eigenvalue weighted by atomic mass is 9.83. The van der Waals surface area contributed by atoms with E-state index in [9.17, 15) is 19.2 Å². The molecule has 0 radical (unpaired) electrons. The predicted molar refractivity (Wildman–Crippen MR) is 123 cm³/mol. The number of nitrogens with zero attached hydrogens (tertiary/aromatic N) is 3. The molecule has 2 aliphatic carbocycles. The highest BCUT2D eigenvalue weighted by Gasteiger charge is 2.36. The molecule has 2 aliphatic heterocycles. The number of carbonyl (C=O) groups is 4. The van der Waals surface area contributed by atoms with Gasteiger partial charge in [-0.05, 0) is 57.8 Å². The minimum atomic E-state index is -0.414. The van der Waals surface area contributed by atoms with Gasteiger partial charge >= 0.3 is 0 Å². The van der Waals surface area contributed by atoms with Gasteiger partial charge in [0, 0.05) is 58.5 Å². The number of Topliss-reactive ketones (excluding diaryl/α,β-unsaturated/α-hetero) is 2. The van der Waals surface area contributed by atoms with Gasteiger partial charge in [0.1, 0.15) is 11.7 Å². The fourth-order valence-electron chi connectivity index (χ4n) is 5.21. The van der Waals surface area contributed by atoms with Crippen LogP contribution in [0.5, 0.6) is 0 Å². The molecule has 32 heavy (non-hydrogen) atoms. The number of likely N-dealkylation sites (tertiary alicyclic amines) is 2. The largest absolute Gasteiger partial charge is 0.383 e. The topological polar surface area (TPSA) is 78.0 Å². The Bertz CT molecular complexity index is 733. The number of allylic oxidation sites excluding steroid dienone is 1. The maximum atomic E-state index is 12.3. The lowest BCUT2D eigenvalue weighted by Gasteiger charge is -2.27. The number of carbonyl (C=O) groups excluding carboxylic acids is 4. The van der Waals surface area contributed by atoms with Crippen LogP contribution in [-0.4, -0.2) is 78.4 Å². The van der Waals surface area contributed by atoms with Gasteiger partial charge in [0.25, 0.3) is 0 Å². The monoisotopic (exact) mass is 445 g/mol. The predicted octanol–water partition coefficient (Wildman–Crippen LogP) is 2.79. The van der Waals surface area contributed by atoms with Gasteiger partial charge in [0.05, 0.1) is 5.92 Å². The Morgan fingerprint density at radius 3 is 1.81 bits per heavy atom. The van der Waals surface area contributed by atoms with E-state index in [0.29, 0.717) is 6.42 Å². The molecule has 2 unspecified atom stereocenters. The van der Waals surface area contributed by atoms with Gasteiger partial charge in [-0.1, -0.05) is 6.42 Å². The Kier molecular flexibility index (Phi) is 8.88. The molecule has 0 bridgehead atoms. The third-order valence-corrected chi connectivity index (χ3v) is 6.97. The SMILES string of the molecule is CN(C)/C=C1/CCCC(C(=O)N2CCCC2)C1=O.O=C1CCCCC1C(=O)N1CCCC1. The summed E-state index contributed by atoms with van der Waals surface area (Å²) in [4.78, 5) is 53.7. The van der Waals surface area contributed by atoms with Crippen LogP contribution >= 0.6 is 0 Å². The highest BCUT2D eigenvalue weighted by molar-refractivity contribution is 6.10. The summed E-state index contributed by atoms with van der Waals surface area (Å²) < 4.78 is 0. The first-order valence-electron chi connectivity index (χ1n) is 12.4. The number of hydrogen-bond donors (Lipinski definition) is 0. The third kappa shape index (κ3) is 6.20. The van der Waals surface area contributed by atoms with E-state index in [1.807, 2.05) is 35.0 Å². The van der Waals surface area contributed by atoms with Gasteiger partial charge < -0.3 is 14.7 Å². The molecule has 0 N–H and O–H groups in total. The summed E-state index contributed by atoms with van der Waals surface area (Å²) in [7, 11) is 3.82. The molecule has 2 atom stereocenters. The second-order valence-corrected chi connectivity index (χ2v) is 9.76. The molecule has 4 aliphatic rings. The van der Waals surface area contributed by atoms with Crippen molar-refractivity contribution in [3.05, 3.63) is 11.8 Å². The summed E-state index contributed by atoms with van der Waals surface area (Å²) in [6.45, 7) is 3.38. The molecule has 7 nitrogen and oxygen atoms in total. The number of rotatable bonds is 3. The van der Waals surface area contributed by atoms with Gasteiger partial charge in [-0.2, -0.15) is 0 Å². The average molecular weight is 446 g/mol. The summed E-state index contributed by atoms with van der Waals surface area (Å²) in [5.41, 5.74) is 0.809. The van der Waals surface area contributed by atoms with E-state index < -0.39 is 5.92 Å². The van der Waals surface area contributed by atoms with Gasteiger partial charge in [-0.15, -0.1) is 0 Å². The van der Waals surface area contributed by atoms with Crippen LogP contribution in [0.15, 0.2) is 11.8 Å². The van der Waals surface area contributed by atoms with Gasteiger partial charge in [-0.3, -0.25) is 19.2 Å². The molecule has 2 heterocycles. The fourth-order valence-corrected chi connectivity index (χ4v) is 5.21. The summed E-state index contributed by atoms with van der Waals surface area (Å²) in [6, 6.07) is 0. The van der Waals surface area contributed by atoms with Crippen LogP contribution in [0.4, 0.5) is 0 Å². The fraction of sp³-hybridized carbons (Fsp3) is 0.760. The highest BCUT2D eigenvalue weighted by atomic mass is 16.2. The van der Waals surface area contributed by atoms with Crippen LogP contribution < -0.4 is 0 Å². The molecule has 4 rings (SSSR count). The normalized spacial score (nSPS) is 27.4. The zero-order valence-electron chi connectivity index (χ0n) is 19.8. The first kappa shape index (κ1) is 24.5. The maximum Gasteiger partial charge on any atom is 0.233 e. The molecule has 2 saturated heterocycles. The van der Waals surface area contributed by atoms with Gasteiger partial charge in [0.2, 0.25) is 11.8 Å². The van der Waals surface area contributed by atoms with Crippen LogP contribution in [0.1, 0.15) is 70.6 Å². The highest BCUT2D eigenvalue weighted by Crippen LogP contribution is 2.28. The van der Waals surface area contributed by atoms with E-state index in [1.54, 1.807) is 0 Å². The quantitative estimate of drug-likeness (QED) is 0.493. The lowest BCUT2D eigenvalue weighted by molar-refractivity contribution is -0.142. The van der Waals surface area contributed by atoms with E-state index in [-0.39, 0.29) is 29.3 Å². The first-order valence-corrected chi connectivity index (χ1v) is 12.4. The number of amides is 2. The molecule has 4 fully saturated rings. The van der Waals surface area contributed by atoms with Gasteiger partial charge in [-0.25, -0.2) is 0 Å². The minimum Gasteiger partial charge on any atom is -0.383 e. The average Bonchev–Trinajstić information content (AvgIpc) is 3.49. The van der Waals surface area contributed by atoms with E-state index in [1.165, 1.54) is 0 Å². The van der Waals surface area contributed by atoms with Crippen molar-refractivity contribution in [3.63, 3.8) is 0 Å². The van der Waals surface area contributed by atoms with Crippen LogP contribution in [0.2, 0.25) is 0 Å². The summed E-state index contributed by atoms with van der Waals surface area (Å²) in [6.07, 6.45) is 12.1. The first-order chi connectivity index (χ1) is 15.4. The number of hydrogen-bond acceptors (Lipinski definition) is 5. The van der Waals surface area contributed by atoms with Crippen molar-refractivity contribution in [2.24, 2.45) is 11.8 Å². The second kappa shape index (κ2) is 11.6. The Balaban J connectivity index is 0.000000186. The van der Waals surface area contributed by atoms with Crippen molar-refractivity contribution < 1.29 is 19.2 Å². The second-order valence-electron chi connectivity index (χ2n) is 9.76. The minimum absolute atomic E-state index is 0.0480. The number of ketones is 2. The van der Waals surface area contributed by atoms with Crippen LogP contribution in [0, 0.1) is 11.8 Å². The van der Waals surface area contributed by atoms with Crippen molar-refractivity contribution in [2.45, 2.75) is 70.6 Å². The Morgan fingerprint density at radius 1 is 0.750 bits per heavy atom. The Labute approximate surface area is 192 Å². The zero-order valence-corrected chi connectivity index (χ0v) is 19.8. The van der Waals surface area contributed by atoms with E-state index in [4.69, 9.17) is 0 Å². The molecule has 178 valence electrons. The van der Waals surface area contributed by atoms with Crippen molar-refractivity contribution >= 4 is 23.4 Å². The lowest BCUT2D eigenvalue weighted by Crippen LogP contribution is -2.39.